The lowest BCUT2D eigenvalue weighted by Gasteiger charge is -2.35. The van der Waals surface area contributed by atoms with Gasteiger partial charge >= 0.3 is 0 Å². The van der Waals surface area contributed by atoms with Gasteiger partial charge in [-0.2, -0.15) is 15.0 Å². The van der Waals surface area contributed by atoms with Gasteiger partial charge in [0.2, 0.25) is 16.5 Å². The highest BCUT2D eigenvalue weighted by Gasteiger charge is 2.19. The van der Waals surface area contributed by atoms with Crippen LogP contribution >= 0.6 is 23.2 Å². The lowest BCUT2D eigenvalue weighted by atomic mass is 10.3. The summed E-state index contributed by atoms with van der Waals surface area (Å²) in [6.45, 7) is 5.90. The van der Waals surface area contributed by atoms with E-state index in [-0.39, 0.29) is 10.6 Å². The van der Waals surface area contributed by atoms with Gasteiger partial charge in [-0.25, -0.2) is 0 Å². The average molecular weight is 305 g/mol. The van der Waals surface area contributed by atoms with Crippen LogP contribution in [0.3, 0.4) is 0 Å². The van der Waals surface area contributed by atoms with Crippen LogP contribution in [0.25, 0.3) is 0 Å². The fraction of sp³-hybridized carbons (Fsp3) is 0.727. The Hall–Kier alpha value is -0.690. The molecule has 2 rings (SSSR count). The molecule has 1 aliphatic rings. The summed E-state index contributed by atoms with van der Waals surface area (Å²) in [5.74, 6) is 0.567. The standard InChI is InChI=1S/C11H18Cl2N6/c1-17(2)3-4-18-5-7-19(8-6-18)11-15-9(12)14-10(13)16-11/h3-8H2,1-2H3. The van der Waals surface area contributed by atoms with Crippen molar-refractivity contribution >= 4 is 29.2 Å². The molecule has 1 saturated heterocycles. The van der Waals surface area contributed by atoms with Crippen molar-refractivity contribution in [3.8, 4) is 0 Å². The molecule has 0 aliphatic carbocycles. The molecule has 2 heterocycles. The minimum atomic E-state index is 0.144. The zero-order chi connectivity index (χ0) is 13.8. The highest BCUT2D eigenvalue weighted by atomic mass is 35.5. The van der Waals surface area contributed by atoms with Gasteiger partial charge in [-0.3, -0.25) is 4.90 Å². The fourth-order valence-corrected chi connectivity index (χ4v) is 2.33. The van der Waals surface area contributed by atoms with Crippen molar-refractivity contribution in [2.45, 2.75) is 0 Å². The van der Waals surface area contributed by atoms with Gasteiger partial charge in [0.25, 0.3) is 0 Å². The minimum absolute atomic E-state index is 0.144. The molecule has 0 amide bonds. The van der Waals surface area contributed by atoms with Gasteiger partial charge in [0.05, 0.1) is 0 Å². The number of likely N-dealkylation sites (N-methyl/N-ethyl adjacent to an activating group) is 1. The number of piperazine rings is 1. The van der Waals surface area contributed by atoms with E-state index in [4.69, 9.17) is 23.2 Å². The van der Waals surface area contributed by atoms with E-state index in [1.807, 2.05) is 0 Å². The van der Waals surface area contributed by atoms with Crippen LogP contribution in [-0.2, 0) is 0 Å². The number of halogens is 2. The number of aromatic nitrogens is 3. The van der Waals surface area contributed by atoms with Gasteiger partial charge in [0.1, 0.15) is 0 Å². The first kappa shape index (κ1) is 14.7. The van der Waals surface area contributed by atoms with Crippen LogP contribution in [0.1, 0.15) is 0 Å². The number of nitrogens with zero attached hydrogens (tertiary/aromatic N) is 6. The Morgan fingerprint density at radius 3 is 2.11 bits per heavy atom. The Kier molecular flexibility index (Phi) is 5.15. The van der Waals surface area contributed by atoms with Gasteiger partial charge in [0.15, 0.2) is 0 Å². The number of hydrogen-bond acceptors (Lipinski definition) is 6. The summed E-state index contributed by atoms with van der Waals surface area (Å²) in [7, 11) is 4.18. The van der Waals surface area contributed by atoms with E-state index in [0.29, 0.717) is 5.95 Å². The molecule has 0 saturated carbocycles. The minimum Gasteiger partial charge on any atom is -0.338 e. The Labute approximate surface area is 123 Å². The molecule has 0 radical (unpaired) electrons. The first-order valence-corrected chi connectivity index (χ1v) is 6.99. The fourth-order valence-electron chi connectivity index (χ4n) is 1.97. The highest BCUT2D eigenvalue weighted by molar-refractivity contribution is 6.31. The van der Waals surface area contributed by atoms with E-state index >= 15 is 0 Å². The molecule has 8 heteroatoms. The molecule has 1 aromatic heterocycles. The maximum atomic E-state index is 5.79. The summed E-state index contributed by atoms with van der Waals surface area (Å²) in [6, 6.07) is 0. The SMILES string of the molecule is CN(C)CCN1CCN(c2nc(Cl)nc(Cl)n2)CC1. The van der Waals surface area contributed by atoms with E-state index in [1.54, 1.807) is 0 Å². The largest absolute Gasteiger partial charge is 0.338 e. The molecule has 0 unspecified atom stereocenters. The zero-order valence-electron chi connectivity index (χ0n) is 11.2. The zero-order valence-corrected chi connectivity index (χ0v) is 12.7. The molecular weight excluding hydrogens is 287 g/mol. The van der Waals surface area contributed by atoms with Crippen molar-refractivity contribution in [3.63, 3.8) is 0 Å². The second kappa shape index (κ2) is 6.65. The van der Waals surface area contributed by atoms with Crippen LogP contribution in [-0.4, -0.2) is 78.1 Å². The molecule has 106 valence electrons. The molecule has 1 fully saturated rings. The van der Waals surface area contributed by atoms with E-state index in [1.165, 1.54) is 0 Å². The third-order valence-corrected chi connectivity index (χ3v) is 3.43. The second-order valence-electron chi connectivity index (χ2n) is 4.81. The number of hydrogen-bond donors (Lipinski definition) is 0. The molecule has 0 atom stereocenters. The van der Waals surface area contributed by atoms with Crippen LogP contribution in [0, 0.1) is 0 Å². The molecule has 6 nitrogen and oxygen atoms in total. The Morgan fingerprint density at radius 2 is 1.58 bits per heavy atom. The van der Waals surface area contributed by atoms with Gasteiger partial charge < -0.3 is 9.80 Å². The summed E-state index contributed by atoms with van der Waals surface area (Å²) >= 11 is 11.6. The third-order valence-electron chi connectivity index (χ3n) is 3.09. The van der Waals surface area contributed by atoms with Crippen LogP contribution in [0.5, 0.6) is 0 Å². The molecule has 0 spiro atoms. The van der Waals surface area contributed by atoms with Gasteiger partial charge in [-0.15, -0.1) is 0 Å². The monoisotopic (exact) mass is 304 g/mol. The molecule has 19 heavy (non-hydrogen) atoms. The first-order chi connectivity index (χ1) is 9.04. The lowest BCUT2D eigenvalue weighted by molar-refractivity contribution is 0.228. The maximum absolute atomic E-state index is 5.79. The Bertz CT molecular complexity index is 399. The summed E-state index contributed by atoms with van der Waals surface area (Å²) in [6.07, 6.45) is 0. The number of anilines is 1. The van der Waals surface area contributed by atoms with E-state index in [0.717, 1.165) is 39.3 Å². The van der Waals surface area contributed by atoms with Crippen molar-refractivity contribution in [1.29, 1.82) is 0 Å². The Balaban J connectivity index is 1.89. The summed E-state index contributed by atoms with van der Waals surface area (Å²) in [5, 5.41) is 0.287. The normalized spacial score (nSPS) is 17.2. The highest BCUT2D eigenvalue weighted by Crippen LogP contribution is 2.15. The van der Waals surface area contributed by atoms with Crippen molar-refractivity contribution in [2.75, 3.05) is 58.3 Å². The van der Waals surface area contributed by atoms with Crippen LogP contribution < -0.4 is 4.90 Å². The van der Waals surface area contributed by atoms with E-state index < -0.39 is 0 Å². The van der Waals surface area contributed by atoms with Crippen LogP contribution in [0.4, 0.5) is 5.95 Å². The van der Waals surface area contributed by atoms with Crippen molar-refractivity contribution < 1.29 is 0 Å². The second-order valence-corrected chi connectivity index (χ2v) is 5.48. The maximum Gasteiger partial charge on any atom is 0.231 e. The summed E-state index contributed by atoms with van der Waals surface area (Å²) in [4.78, 5) is 18.7. The van der Waals surface area contributed by atoms with E-state index in [9.17, 15) is 0 Å². The number of rotatable bonds is 4. The van der Waals surface area contributed by atoms with Crippen molar-refractivity contribution in [3.05, 3.63) is 10.6 Å². The molecular formula is C11H18Cl2N6. The molecule has 1 aromatic rings. The van der Waals surface area contributed by atoms with E-state index in [2.05, 4.69) is 43.7 Å². The topological polar surface area (TPSA) is 48.4 Å². The smallest absolute Gasteiger partial charge is 0.231 e. The molecule has 0 aromatic carbocycles. The van der Waals surface area contributed by atoms with Crippen molar-refractivity contribution in [2.24, 2.45) is 0 Å². The van der Waals surface area contributed by atoms with Crippen LogP contribution in [0.2, 0.25) is 10.6 Å². The molecule has 1 aliphatic heterocycles. The predicted molar refractivity (Wildman–Crippen MR) is 77.1 cm³/mol. The van der Waals surface area contributed by atoms with Crippen molar-refractivity contribution in [1.82, 2.24) is 24.8 Å². The summed E-state index contributed by atoms with van der Waals surface area (Å²) in [5.41, 5.74) is 0. The first-order valence-electron chi connectivity index (χ1n) is 6.24. The lowest BCUT2D eigenvalue weighted by Crippen LogP contribution is -2.48. The van der Waals surface area contributed by atoms with Gasteiger partial charge in [0, 0.05) is 39.3 Å². The Morgan fingerprint density at radius 1 is 1.00 bits per heavy atom. The van der Waals surface area contributed by atoms with Gasteiger partial charge in [-0.05, 0) is 37.3 Å². The predicted octanol–water partition coefficient (Wildman–Crippen LogP) is 0.862. The van der Waals surface area contributed by atoms with Crippen LogP contribution in [0.15, 0.2) is 0 Å². The molecule has 0 bridgehead atoms. The third kappa shape index (κ3) is 4.42. The summed E-state index contributed by atoms with van der Waals surface area (Å²) < 4.78 is 0. The average Bonchev–Trinajstić information content (AvgIpc) is 2.36. The van der Waals surface area contributed by atoms with Gasteiger partial charge in [-0.1, -0.05) is 0 Å². The molecule has 0 N–H and O–H groups in total. The quantitative estimate of drug-likeness (QED) is 0.822.